The standard InChI is InChI=1S/C17H22N4O2S/c1-13-3-5-16(6-4-13)24(22,23)21-9-7-15(8-10-21)20-17-12-18-11-14(2)19-17/h3-6,11-12,15H,7-10H2,1-2H3,(H,19,20). The number of aromatic nitrogens is 2. The molecule has 1 aliphatic rings. The van der Waals surface area contributed by atoms with Gasteiger partial charge in [0.2, 0.25) is 10.0 Å². The van der Waals surface area contributed by atoms with Crippen LogP contribution >= 0.6 is 0 Å². The van der Waals surface area contributed by atoms with Crippen molar-refractivity contribution >= 4 is 15.8 Å². The summed E-state index contributed by atoms with van der Waals surface area (Å²) in [6.45, 7) is 4.86. The van der Waals surface area contributed by atoms with Crippen molar-refractivity contribution in [3.63, 3.8) is 0 Å². The van der Waals surface area contributed by atoms with Gasteiger partial charge in [-0.25, -0.2) is 13.4 Å². The Bertz CT molecular complexity index is 798. The van der Waals surface area contributed by atoms with E-state index in [0.717, 1.165) is 29.9 Å². The van der Waals surface area contributed by atoms with E-state index in [1.54, 1.807) is 28.8 Å². The highest BCUT2D eigenvalue weighted by atomic mass is 32.2. The third-order valence-electron chi connectivity index (χ3n) is 4.22. The zero-order valence-corrected chi connectivity index (χ0v) is 14.8. The molecule has 3 rings (SSSR count). The van der Waals surface area contributed by atoms with Crippen LogP contribution < -0.4 is 5.32 Å². The predicted octanol–water partition coefficient (Wildman–Crippen LogP) is 2.36. The topological polar surface area (TPSA) is 75.2 Å². The first-order chi connectivity index (χ1) is 11.4. The van der Waals surface area contributed by atoms with Crippen molar-refractivity contribution in [2.24, 2.45) is 0 Å². The fraction of sp³-hybridized carbons (Fsp3) is 0.412. The Hall–Kier alpha value is -1.99. The van der Waals surface area contributed by atoms with Crippen LogP contribution in [-0.4, -0.2) is 41.8 Å². The highest BCUT2D eigenvalue weighted by Crippen LogP contribution is 2.22. The van der Waals surface area contributed by atoms with Gasteiger partial charge in [-0.1, -0.05) is 17.7 Å². The molecule has 0 saturated carbocycles. The molecule has 0 bridgehead atoms. The number of hydrogen-bond acceptors (Lipinski definition) is 5. The third kappa shape index (κ3) is 3.73. The van der Waals surface area contributed by atoms with Gasteiger partial charge in [0, 0.05) is 25.3 Å². The first kappa shape index (κ1) is 16.9. The summed E-state index contributed by atoms with van der Waals surface area (Å²) in [5, 5.41) is 3.35. The Morgan fingerprint density at radius 2 is 1.75 bits per heavy atom. The Morgan fingerprint density at radius 3 is 2.38 bits per heavy atom. The second kappa shape index (κ2) is 6.86. The van der Waals surface area contributed by atoms with E-state index >= 15 is 0 Å². The number of sulfonamides is 1. The van der Waals surface area contributed by atoms with Gasteiger partial charge in [0.05, 0.1) is 16.8 Å². The minimum atomic E-state index is -3.40. The number of benzene rings is 1. The number of nitrogens with zero attached hydrogens (tertiary/aromatic N) is 3. The van der Waals surface area contributed by atoms with Gasteiger partial charge in [0.15, 0.2) is 0 Å². The lowest BCUT2D eigenvalue weighted by molar-refractivity contribution is 0.329. The van der Waals surface area contributed by atoms with E-state index in [9.17, 15) is 8.42 Å². The molecule has 2 aromatic rings. The van der Waals surface area contributed by atoms with Crippen LogP contribution in [-0.2, 0) is 10.0 Å². The van der Waals surface area contributed by atoms with Gasteiger partial charge in [-0.05, 0) is 38.8 Å². The minimum Gasteiger partial charge on any atom is -0.366 e. The third-order valence-corrected chi connectivity index (χ3v) is 6.13. The lowest BCUT2D eigenvalue weighted by Crippen LogP contribution is -2.42. The van der Waals surface area contributed by atoms with Crippen LogP contribution in [0.25, 0.3) is 0 Å². The van der Waals surface area contributed by atoms with Crippen molar-refractivity contribution in [3.8, 4) is 0 Å². The van der Waals surface area contributed by atoms with Crippen molar-refractivity contribution in [3.05, 3.63) is 47.9 Å². The van der Waals surface area contributed by atoms with Crippen molar-refractivity contribution in [2.75, 3.05) is 18.4 Å². The molecule has 0 unspecified atom stereocenters. The average Bonchev–Trinajstić information content (AvgIpc) is 2.56. The van der Waals surface area contributed by atoms with Crippen LogP contribution in [0.4, 0.5) is 5.82 Å². The predicted molar refractivity (Wildman–Crippen MR) is 93.4 cm³/mol. The minimum absolute atomic E-state index is 0.213. The first-order valence-electron chi connectivity index (χ1n) is 8.07. The van der Waals surface area contributed by atoms with Crippen LogP contribution in [0, 0.1) is 13.8 Å². The van der Waals surface area contributed by atoms with E-state index in [1.165, 1.54) is 0 Å². The first-order valence-corrected chi connectivity index (χ1v) is 9.51. The molecule has 128 valence electrons. The molecule has 1 saturated heterocycles. The molecular weight excluding hydrogens is 324 g/mol. The van der Waals surface area contributed by atoms with Crippen molar-refractivity contribution in [2.45, 2.75) is 37.6 Å². The maximum absolute atomic E-state index is 12.7. The summed E-state index contributed by atoms with van der Waals surface area (Å²) < 4.78 is 26.9. The molecule has 0 spiro atoms. The SMILES string of the molecule is Cc1ccc(S(=O)(=O)N2CCC(Nc3cncc(C)n3)CC2)cc1. The molecule has 1 aromatic carbocycles. The Balaban J connectivity index is 1.63. The van der Waals surface area contributed by atoms with Crippen LogP contribution in [0.5, 0.6) is 0 Å². The lowest BCUT2D eigenvalue weighted by atomic mass is 10.1. The van der Waals surface area contributed by atoms with Crippen LogP contribution in [0.3, 0.4) is 0 Å². The summed E-state index contributed by atoms with van der Waals surface area (Å²) in [5.41, 5.74) is 1.91. The molecular formula is C17H22N4O2S. The van der Waals surface area contributed by atoms with Crippen LogP contribution in [0.2, 0.25) is 0 Å². The van der Waals surface area contributed by atoms with E-state index < -0.39 is 10.0 Å². The smallest absolute Gasteiger partial charge is 0.243 e. The summed E-state index contributed by atoms with van der Waals surface area (Å²) in [6, 6.07) is 7.23. The summed E-state index contributed by atoms with van der Waals surface area (Å²) in [6.07, 6.45) is 4.91. The van der Waals surface area contributed by atoms with Gasteiger partial charge in [-0.2, -0.15) is 4.31 Å². The average molecular weight is 346 g/mol. The maximum Gasteiger partial charge on any atom is 0.243 e. The number of anilines is 1. The number of nitrogens with one attached hydrogen (secondary N) is 1. The van der Waals surface area contributed by atoms with Gasteiger partial charge < -0.3 is 5.32 Å². The van der Waals surface area contributed by atoms with Gasteiger partial charge >= 0.3 is 0 Å². The van der Waals surface area contributed by atoms with E-state index in [2.05, 4.69) is 15.3 Å². The van der Waals surface area contributed by atoms with Crippen molar-refractivity contribution in [1.29, 1.82) is 0 Å². The number of aryl methyl sites for hydroxylation is 2. The zero-order valence-electron chi connectivity index (χ0n) is 13.9. The second-order valence-electron chi connectivity index (χ2n) is 6.18. The number of rotatable bonds is 4. The molecule has 0 atom stereocenters. The largest absolute Gasteiger partial charge is 0.366 e. The van der Waals surface area contributed by atoms with Crippen LogP contribution in [0.1, 0.15) is 24.1 Å². The molecule has 1 aliphatic heterocycles. The van der Waals surface area contributed by atoms with Gasteiger partial charge in [0.1, 0.15) is 5.82 Å². The Kier molecular flexibility index (Phi) is 4.82. The highest BCUT2D eigenvalue weighted by Gasteiger charge is 2.29. The number of piperidine rings is 1. The fourth-order valence-corrected chi connectivity index (χ4v) is 4.31. The second-order valence-corrected chi connectivity index (χ2v) is 8.12. The zero-order chi connectivity index (χ0) is 17.2. The molecule has 1 fully saturated rings. The van der Waals surface area contributed by atoms with Gasteiger partial charge in [-0.3, -0.25) is 4.98 Å². The molecule has 1 aromatic heterocycles. The highest BCUT2D eigenvalue weighted by molar-refractivity contribution is 7.89. The van der Waals surface area contributed by atoms with E-state index in [1.807, 2.05) is 26.0 Å². The quantitative estimate of drug-likeness (QED) is 0.920. The van der Waals surface area contributed by atoms with Gasteiger partial charge in [-0.15, -0.1) is 0 Å². The van der Waals surface area contributed by atoms with E-state index in [4.69, 9.17) is 0 Å². The van der Waals surface area contributed by atoms with Gasteiger partial charge in [0.25, 0.3) is 0 Å². The van der Waals surface area contributed by atoms with Crippen molar-refractivity contribution < 1.29 is 8.42 Å². The summed E-state index contributed by atoms with van der Waals surface area (Å²) in [4.78, 5) is 8.87. The summed E-state index contributed by atoms with van der Waals surface area (Å²) in [7, 11) is -3.40. The molecule has 7 heteroatoms. The molecule has 0 radical (unpaired) electrons. The number of hydrogen-bond donors (Lipinski definition) is 1. The maximum atomic E-state index is 12.7. The molecule has 0 amide bonds. The molecule has 6 nitrogen and oxygen atoms in total. The Labute approximate surface area is 143 Å². The molecule has 1 N–H and O–H groups in total. The fourth-order valence-electron chi connectivity index (χ4n) is 2.84. The molecule has 24 heavy (non-hydrogen) atoms. The Morgan fingerprint density at radius 1 is 1.08 bits per heavy atom. The molecule has 2 heterocycles. The monoisotopic (exact) mass is 346 g/mol. The van der Waals surface area contributed by atoms with Crippen molar-refractivity contribution in [1.82, 2.24) is 14.3 Å². The van der Waals surface area contributed by atoms with E-state index in [0.29, 0.717) is 18.0 Å². The summed E-state index contributed by atoms with van der Waals surface area (Å²) >= 11 is 0. The lowest BCUT2D eigenvalue weighted by Gasteiger charge is -2.31. The normalized spacial score (nSPS) is 16.9. The molecule has 0 aliphatic carbocycles. The van der Waals surface area contributed by atoms with Crippen LogP contribution in [0.15, 0.2) is 41.6 Å². The van der Waals surface area contributed by atoms with E-state index in [-0.39, 0.29) is 6.04 Å². The summed E-state index contributed by atoms with van der Waals surface area (Å²) in [5.74, 6) is 0.745.